The number of aliphatic carboxylic acids is 1. The van der Waals surface area contributed by atoms with Gasteiger partial charge in [0.15, 0.2) is 0 Å². The SMILES string of the molecule is CC1CC1C(=O)N[C@H](C(=O)O)C(C)(C)C. The molecule has 86 valence electrons. The summed E-state index contributed by atoms with van der Waals surface area (Å²) in [6, 6.07) is -0.808. The number of hydrogen-bond donors (Lipinski definition) is 2. The van der Waals surface area contributed by atoms with Crippen molar-refractivity contribution >= 4 is 11.9 Å². The molecule has 1 rings (SSSR count). The molecule has 0 aromatic rings. The van der Waals surface area contributed by atoms with E-state index in [1.807, 2.05) is 27.7 Å². The molecule has 0 aromatic carbocycles. The van der Waals surface area contributed by atoms with Crippen molar-refractivity contribution in [2.45, 2.75) is 40.2 Å². The van der Waals surface area contributed by atoms with Crippen LogP contribution in [0.4, 0.5) is 0 Å². The van der Waals surface area contributed by atoms with Crippen LogP contribution in [0.1, 0.15) is 34.1 Å². The van der Waals surface area contributed by atoms with Crippen LogP contribution in [-0.4, -0.2) is 23.0 Å². The molecular formula is C11H19NO3. The third kappa shape index (κ3) is 2.94. The van der Waals surface area contributed by atoms with Crippen LogP contribution < -0.4 is 5.32 Å². The smallest absolute Gasteiger partial charge is 0.326 e. The third-order valence-electron chi connectivity index (χ3n) is 2.85. The van der Waals surface area contributed by atoms with E-state index in [4.69, 9.17) is 5.11 Å². The van der Waals surface area contributed by atoms with Gasteiger partial charge in [0.1, 0.15) is 6.04 Å². The predicted octanol–water partition coefficient (Wildman–Crippen LogP) is 1.26. The minimum absolute atomic E-state index is 0.0224. The number of rotatable bonds is 3. The molecule has 1 aliphatic carbocycles. The summed E-state index contributed by atoms with van der Waals surface area (Å²) in [4.78, 5) is 22.6. The molecule has 0 saturated heterocycles. The number of amides is 1. The maximum atomic E-state index is 11.6. The van der Waals surface area contributed by atoms with Crippen LogP contribution >= 0.6 is 0 Å². The molecule has 2 N–H and O–H groups in total. The molecule has 0 radical (unpaired) electrons. The summed E-state index contributed by atoms with van der Waals surface area (Å²) >= 11 is 0. The second kappa shape index (κ2) is 3.83. The zero-order valence-electron chi connectivity index (χ0n) is 9.70. The minimum Gasteiger partial charge on any atom is -0.480 e. The lowest BCUT2D eigenvalue weighted by Gasteiger charge is -2.27. The molecule has 1 fully saturated rings. The van der Waals surface area contributed by atoms with Crippen LogP contribution in [0.25, 0.3) is 0 Å². The van der Waals surface area contributed by atoms with E-state index in [1.54, 1.807) is 0 Å². The van der Waals surface area contributed by atoms with E-state index in [2.05, 4.69) is 5.32 Å². The Balaban J connectivity index is 2.60. The van der Waals surface area contributed by atoms with Crippen molar-refractivity contribution in [1.82, 2.24) is 5.32 Å². The fourth-order valence-corrected chi connectivity index (χ4v) is 1.59. The van der Waals surface area contributed by atoms with Crippen molar-refractivity contribution in [3.05, 3.63) is 0 Å². The van der Waals surface area contributed by atoms with Crippen LogP contribution in [-0.2, 0) is 9.59 Å². The Morgan fingerprint density at radius 3 is 2.13 bits per heavy atom. The van der Waals surface area contributed by atoms with Gasteiger partial charge in [-0.2, -0.15) is 0 Å². The Bertz CT molecular complexity index is 280. The zero-order valence-corrected chi connectivity index (χ0v) is 9.70. The zero-order chi connectivity index (χ0) is 11.8. The maximum Gasteiger partial charge on any atom is 0.326 e. The molecule has 0 aromatic heterocycles. The summed E-state index contributed by atoms with van der Waals surface area (Å²) in [5.74, 6) is -0.664. The van der Waals surface area contributed by atoms with E-state index >= 15 is 0 Å². The van der Waals surface area contributed by atoms with E-state index in [9.17, 15) is 9.59 Å². The molecule has 2 unspecified atom stereocenters. The molecule has 4 nitrogen and oxygen atoms in total. The highest BCUT2D eigenvalue weighted by atomic mass is 16.4. The van der Waals surface area contributed by atoms with Crippen molar-refractivity contribution in [2.24, 2.45) is 17.3 Å². The van der Waals surface area contributed by atoms with Crippen molar-refractivity contribution in [1.29, 1.82) is 0 Å². The van der Waals surface area contributed by atoms with E-state index in [0.717, 1.165) is 6.42 Å². The van der Waals surface area contributed by atoms with Gasteiger partial charge in [-0.15, -0.1) is 0 Å². The molecule has 1 amide bonds. The minimum atomic E-state index is -0.968. The lowest BCUT2D eigenvalue weighted by molar-refractivity contribution is -0.145. The lowest BCUT2D eigenvalue weighted by atomic mass is 9.86. The Morgan fingerprint density at radius 2 is 1.87 bits per heavy atom. The highest BCUT2D eigenvalue weighted by Gasteiger charge is 2.42. The van der Waals surface area contributed by atoms with Gasteiger partial charge in [-0.3, -0.25) is 4.79 Å². The van der Waals surface area contributed by atoms with Crippen molar-refractivity contribution in [2.75, 3.05) is 0 Å². The van der Waals surface area contributed by atoms with Gasteiger partial charge < -0.3 is 10.4 Å². The normalized spacial score (nSPS) is 26.9. The number of carboxylic acid groups (broad SMARTS) is 1. The molecule has 0 heterocycles. The largest absolute Gasteiger partial charge is 0.480 e. The summed E-state index contributed by atoms with van der Waals surface area (Å²) in [7, 11) is 0. The average molecular weight is 213 g/mol. The molecule has 1 saturated carbocycles. The molecule has 15 heavy (non-hydrogen) atoms. The van der Waals surface area contributed by atoms with Crippen LogP contribution in [0.2, 0.25) is 0 Å². The molecule has 0 spiro atoms. The quantitative estimate of drug-likeness (QED) is 0.741. The first kappa shape index (κ1) is 12.0. The fraction of sp³-hybridized carbons (Fsp3) is 0.818. The predicted molar refractivity (Wildman–Crippen MR) is 56.3 cm³/mol. The van der Waals surface area contributed by atoms with Crippen molar-refractivity contribution < 1.29 is 14.7 Å². The number of carbonyl (C=O) groups is 2. The standard InChI is InChI=1S/C11H19NO3/c1-6-5-7(6)9(13)12-8(10(14)15)11(2,3)4/h6-8H,5H2,1-4H3,(H,12,13)(H,14,15)/t6?,7?,8-/m1/s1. The number of carbonyl (C=O) groups excluding carboxylic acids is 1. The molecule has 1 aliphatic rings. The first-order valence-electron chi connectivity index (χ1n) is 5.26. The Kier molecular flexibility index (Phi) is 3.07. The Hall–Kier alpha value is -1.06. The Morgan fingerprint density at radius 1 is 1.40 bits per heavy atom. The van der Waals surface area contributed by atoms with E-state index < -0.39 is 17.4 Å². The summed E-state index contributed by atoms with van der Waals surface area (Å²) in [5.41, 5.74) is -0.459. The van der Waals surface area contributed by atoms with E-state index in [1.165, 1.54) is 0 Å². The lowest BCUT2D eigenvalue weighted by Crippen LogP contribution is -2.49. The van der Waals surface area contributed by atoms with Gasteiger partial charge in [-0.1, -0.05) is 27.7 Å². The number of hydrogen-bond acceptors (Lipinski definition) is 2. The number of carboxylic acids is 1. The van der Waals surface area contributed by atoms with Crippen LogP contribution in [0.5, 0.6) is 0 Å². The van der Waals surface area contributed by atoms with Gasteiger partial charge in [0.2, 0.25) is 5.91 Å². The third-order valence-corrected chi connectivity index (χ3v) is 2.85. The van der Waals surface area contributed by atoms with E-state index in [-0.39, 0.29) is 11.8 Å². The summed E-state index contributed by atoms with van der Waals surface area (Å²) in [6.45, 7) is 7.42. The average Bonchev–Trinajstić information content (AvgIpc) is 2.75. The second-order valence-electron chi connectivity index (χ2n) is 5.47. The first-order valence-corrected chi connectivity index (χ1v) is 5.26. The van der Waals surface area contributed by atoms with Crippen molar-refractivity contribution in [3.63, 3.8) is 0 Å². The molecule has 0 aliphatic heterocycles. The van der Waals surface area contributed by atoms with Gasteiger partial charge in [0, 0.05) is 5.92 Å². The second-order valence-corrected chi connectivity index (χ2v) is 5.47. The van der Waals surface area contributed by atoms with Gasteiger partial charge in [0.25, 0.3) is 0 Å². The fourth-order valence-electron chi connectivity index (χ4n) is 1.59. The number of nitrogens with one attached hydrogen (secondary N) is 1. The van der Waals surface area contributed by atoms with Gasteiger partial charge in [-0.25, -0.2) is 4.79 Å². The van der Waals surface area contributed by atoms with Gasteiger partial charge >= 0.3 is 5.97 Å². The van der Waals surface area contributed by atoms with Crippen LogP contribution in [0, 0.1) is 17.3 Å². The van der Waals surface area contributed by atoms with Crippen LogP contribution in [0.3, 0.4) is 0 Å². The van der Waals surface area contributed by atoms with Gasteiger partial charge in [0.05, 0.1) is 0 Å². The highest BCUT2D eigenvalue weighted by molar-refractivity contribution is 5.87. The summed E-state index contributed by atoms with van der Waals surface area (Å²) < 4.78 is 0. The topological polar surface area (TPSA) is 66.4 Å². The Labute approximate surface area is 90.0 Å². The van der Waals surface area contributed by atoms with Crippen molar-refractivity contribution in [3.8, 4) is 0 Å². The highest BCUT2D eigenvalue weighted by Crippen LogP contribution is 2.38. The molecular weight excluding hydrogens is 194 g/mol. The molecule has 3 atom stereocenters. The monoisotopic (exact) mass is 213 g/mol. The molecule has 4 heteroatoms. The summed E-state index contributed by atoms with van der Waals surface area (Å²) in [6.07, 6.45) is 0.877. The molecule has 0 bridgehead atoms. The summed E-state index contributed by atoms with van der Waals surface area (Å²) in [5, 5.41) is 11.6. The van der Waals surface area contributed by atoms with E-state index in [0.29, 0.717) is 5.92 Å². The van der Waals surface area contributed by atoms with Crippen LogP contribution in [0.15, 0.2) is 0 Å². The van der Waals surface area contributed by atoms with Gasteiger partial charge in [-0.05, 0) is 17.8 Å². The maximum absolute atomic E-state index is 11.6. The first-order chi connectivity index (χ1) is 6.73.